The Kier molecular flexibility index (Phi) is 4.23. The van der Waals surface area contributed by atoms with Crippen molar-refractivity contribution in [2.45, 2.75) is 6.42 Å². The Morgan fingerprint density at radius 2 is 2.12 bits per heavy atom. The Bertz CT molecular complexity index is 362. The van der Waals surface area contributed by atoms with Crippen LogP contribution in [0.5, 0.6) is 5.75 Å². The molecular formula is C13H20N2O2. The molecule has 0 aliphatic carbocycles. The highest BCUT2D eigenvalue weighted by Gasteiger charge is 2.10. The van der Waals surface area contributed by atoms with Crippen LogP contribution >= 0.6 is 0 Å². The third-order valence-electron chi connectivity index (χ3n) is 3.11. The van der Waals surface area contributed by atoms with Gasteiger partial charge in [0.25, 0.3) is 0 Å². The topological polar surface area (TPSA) is 47.7 Å². The Morgan fingerprint density at radius 1 is 1.35 bits per heavy atom. The van der Waals surface area contributed by atoms with Crippen LogP contribution in [0.3, 0.4) is 0 Å². The second kappa shape index (κ2) is 5.89. The summed E-state index contributed by atoms with van der Waals surface area (Å²) in [6.45, 7) is 4.84. The summed E-state index contributed by atoms with van der Waals surface area (Å²) in [5.74, 6) is 0.750. The number of morpholine rings is 1. The molecule has 2 rings (SSSR count). The average molecular weight is 236 g/mol. The van der Waals surface area contributed by atoms with Gasteiger partial charge in [0.05, 0.1) is 26.0 Å². The monoisotopic (exact) mass is 236 g/mol. The molecular weight excluding hydrogens is 216 g/mol. The number of rotatable bonds is 4. The molecule has 4 nitrogen and oxygen atoms in total. The standard InChI is InChI=1S/C13H20N2O2/c1-16-13-3-2-11(10-12(13)14)4-5-15-6-8-17-9-7-15/h2-3,10H,4-9,14H2,1H3. The van der Waals surface area contributed by atoms with Crippen LogP contribution in [0, 0.1) is 0 Å². The predicted octanol–water partition coefficient (Wildman–Crippen LogP) is 1.15. The van der Waals surface area contributed by atoms with Gasteiger partial charge in [-0.3, -0.25) is 4.90 Å². The molecule has 2 N–H and O–H groups in total. The normalized spacial score (nSPS) is 17.0. The lowest BCUT2D eigenvalue weighted by atomic mass is 10.1. The molecule has 0 amide bonds. The third-order valence-corrected chi connectivity index (χ3v) is 3.11. The second-order valence-electron chi connectivity index (χ2n) is 4.28. The van der Waals surface area contributed by atoms with E-state index in [0.29, 0.717) is 5.69 Å². The first kappa shape index (κ1) is 12.2. The van der Waals surface area contributed by atoms with Gasteiger partial charge in [0.1, 0.15) is 5.75 Å². The van der Waals surface area contributed by atoms with Gasteiger partial charge in [-0.1, -0.05) is 6.07 Å². The number of nitrogens with two attached hydrogens (primary N) is 1. The zero-order chi connectivity index (χ0) is 12.1. The van der Waals surface area contributed by atoms with Crippen LogP contribution in [0.4, 0.5) is 5.69 Å². The summed E-state index contributed by atoms with van der Waals surface area (Å²) in [7, 11) is 1.64. The highest BCUT2D eigenvalue weighted by atomic mass is 16.5. The van der Waals surface area contributed by atoms with Crippen LogP contribution in [0.1, 0.15) is 5.56 Å². The minimum atomic E-state index is 0.715. The van der Waals surface area contributed by atoms with Crippen molar-refractivity contribution in [1.29, 1.82) is 0 Å². The molecule has 94 valence electrons. The minimum Gasteiger partial charge on any atom is -0.495 e. The van der Waals surface area contributed by atoms with Gasteiger partial charge in [0.2, 0.25) is 0 Å². The molecule has 1 saturated heterocycles. The quantitative estimate of drug-likeness (QED) is 0.797. The summed E-state index contributed by atoms with van der Waals surface area (Å²) < 4.78 is 10.5. The molecule has 1 aromatic rings. The summed E-state index contributed by atoms with van der Waals surface area (Å²) in [4.78, 5) is 2.42. The maximum absolute atomic E-state index is 5.88. The SMILES string of the molecule is COc1ccc(CCN2CCOCC2)cc1N. The number of nitrogen functional groups attached to an aromatic ring is 1. The summed E-state index contributed by atoms with van der Waals surface area (Å²) in [5.41, 5.74) is 7.86. The van der Waals surface area contributed by atoms with Crippen molar-refractivity contribution in [3.05, 3.63) is 23.8 Å². The molecule has 1 heterocycles. The van der Waals surface area contributed by atoms with E-state index in [1.54, 1.807) is 7.11 Å². The van der Waals surface area contributed by atoms with E-state index in [2.05, 4.69) is 11.0 Å². The van der Waals surface area contributed by atoms with E-state index in [1.165, 1.54) is 5.56 Å². The molecule has 0 atom stereocenters. The van der Waals surface area contributed by atoms with Crippen molar-refractivity contribution in [3.63, 3.8) is 0 Å². The Morgan fingerprint density at radius 3 is 2.76 bits per heavy atom. The van der Waals surface area contributed by atoms with Gasteiger partial charge in [-0.25, -0.2) is 0 Å². The molecule has 0 aromatic heterocycles. The first-order valence-electron chi connectivity index (χ1n) is 6.02. The van der Waals surface area contributed by atoms with E-state index in [9.17, 15) is 0 Å². The fourth-order valence-corrected chi connectivity index (χ4v) is 2.05. The number of benzene rings is 1. The maximum Gasteiger partial charge on any atom is 0.141 e. The number of anilines is 1. The van der Waals surface area contributed by atoms with Crippen LogP contribution in [0.2, 0.25) is 0 Å². The van der Waals surface area contributed by atoms with Crippen molar-refractivity contribution in [2.24, 2.45) is 0 Å². The minimum absolute atomic E-state index is 0.715. The Balaban J connectivity index is 1.87. The number of methoxy groups -OCH3 is 1. The van der Waals surface area contributed by atoms with E-state index < -0.39 is 0 Å². The molecule has 0 spiro atoms. The van der Waals surface area contributed by atoms with Crippen molar-refractivity contribution >= 4 is 5.69 Å². The average Bonchev–Trinajstić information content (AvgIpc) is 2.38. The second-order valence-corrected chi connectivity index (χ2v) is 4.28. The summed E-state index contributed by atoms with van der Waals surface area (Å²) in [6, 6.07) is 6.01. The molecule has 0 unspecified atom stereocenters. The van der Waals surface area contributed by atoms with Crippen molar-refractivity contribution < 1.29 is 9.47 Å². The zero-order valence-electron chi connectivity index (χ0n) is 10.3. The highest BCUT2D eigenvalue weighted by Crippen LogP contribution is 2.22. The fraction of sp³-hybridized carbons (Fsp3) is 0.538. The van der Waals surface area contributed by atoms with Crippen molar-refractivity contribution in [1.82, 2.24) is 4.90 Å². The highest BCUT2D eigenvalue weighted by molar-refractivity contribution is 5.54. The van der Waals surface area contributed by atoms with Gasteiger partial charge >= 0.3 is 0 Å². The van der Waals surface area contributed by atoms with Gasteiger partial charge in [-0.2, -0.15) is 0 Å². The molecule has 1 aromatic carbocycles. The fourth-order valence-electron chi connectivity index (χ4n) is 2.05. The maximum atomic E-state index is 5.88. The van der Waals surface area contributed by atoms with E-state index in [4.69, 9.17) is 15.2 Å². The number of ether oxygens (including phenoxy) is 2. The molecule has 0 bridgehead atoms. The van der Waals surface area contributed by atoms with Crippen LogP contribution in [0.25, 0.3) is 0 Å². The van der Waals surface area contributed by atoms with Crippen molar-refractivity contribution in [2.75, 3.05) is 45.7 Å². The van der Waals surface area contributed by atoms with Crippen LogP contribution in [-0.2, 0) is 11.2 Å². The number of nitrogens with zero attached hydrogens (tertiary/aromatic N) is 1. The molecule has 0 saturated carbocycles. The van der Waals surface area contributed by atoms with Gasteiger partial charge in [-0.05, 0) is 24.1 Å². The molecule has 17 heavy (non-hydrogen) atoms. The van der Waals surface area contributed by atoms with E-state index in [-0.39, 0.29) is 0 Å². The zero-order valence-corrected chi connectivity index (χ0v) is 10.3. The summed E-state index contributed by atoms with van der Waals surface area (Å²) in [6.07, 6.45) is 1.02. The lowest BCUT2D eigenvalue weighted by molar-refractivity contribution is 0.0384. The molecule has 1 aliphatic rings. The smallest absolute Gasteiger partial charge is 0.141 e. The number of hydrogen-bond acceptors (Lipinski definition) is 4. The van der Waals surface area contributed by atoms with Gasteiger partial charge in [-0.15, -0.1) is 0 Å². The van der Waals surface area contributed by atoms with Gasteiger partial charge in [0.15, 0.2) is 0 Å². The van der Waals surface area contributed by atoms with E-state index in [0.717, 1.165) is 45.0 Å². The largest absolute Gasteiger partial charge is 0.495 e. The van der Waals surface area contributed by atoms with Crippen molar-refractivity contribution in [3.8, 4) is 5.75 Å². The Labute approximate surface area is 102 Å². The molecule has 0 radical (unpaired) electrons. The van der Waals surface area contributed by atoms with Gasteiger partial charge in [0, 0.05) is 19.6 Å². The summed E-state index contributed by atoms with van der Waals surface area (Å²) >= 11 is 0. The molecule has 1 fully saturated rings. The van der Waals surface area contributed by atoms with Crippen LogP contribution in [0.15, 0.2) is 18.2 Å². The van der Waals surface area contributed by atoms with E-state index >= 15 is 0 Å². The third kappa shape index (κ3) is 3.35. The predicted molar refractivity (Wildman–Crippen MR) is 68.4 cm³/mol. The van der Waals surface area contributed by atoms with Crippen LogP contribution in [-0.4, -0.2) is 44.9 Å². The lowest BCUT2D eigenvalue weighted by Crippen LogP contribution is -2.37. The molecule has 4 heteroatoms. The first-order valence-corrected chi connectivity index (χ1v) is 6.02. The number of hydrogen-bond donors (Lipinski definition) is 1. The van der Waals surface area contributed by atoms with Crippen LogP contribution < -0.4 is 10.5 Å². The lowest BCUT2D eigenvalue weighted by Gasteiger charge is -2.26. The summed E-state index contributed by atoms with van der Waals surface area (Å²) in [5, 5.41) is 0. The van der Waals surface area contributed by atoms with Gasteiger partial charge < -0.3 is 15.2 Å². The molecule has 1 aliphatic heterocycles. The van der Waals surface area contributed by atoms with E-state index in [1.807, 2.05) is 12.1 Å². The first-order chi connectivity index (χ1) is 8.29. The Hall–Kier alpha value is -1.26.